The number of esters is 1. The second-order valence-electron chi connectivity index (χ2n) is 6.39. The minimum absolute atomic E-state index is 0.0362. The molecular weight excluding hydrogens is 351 g/mol. The van der Waals surface area contributed by atoms with Crippen molar-refractivity contribution in [3.8, 4) is 5.75 Å². The molecule has 1 aromatic heterocycles. The molecule has 1 saturated heterocycles. The minimum atomic E-state index is -0.656. The van der Waals surface area contributed by atoms with Crippen molar-refractivity contribution in [2.75, 3.05) is 18.0 Å². The molecule has 0 amide bonds. The van der Waals surface area contributed by atoms with Gasteiger partial charge in [-0.2, -0.15) is 0 Å². The summed E-state index contributed by atoms with van der Waals surface area (Å²) < 4.78 is 25.5. The average molecular weight is 372 g/mol. The van der Waals surface area contributed by atoms with E-state index < -0.39 is 11.8 Å². The zero-order chi connectivity index (χ0) is 19.4. The number of benzene rings is 1. The van der Waals surface area contributed by atoms with Crippen LogP contribution in [0.4, 0.5) is 10.1 Å². The summed E-state index contributed by atoms with van der Waals surface area (Å²) in [5.74, 6) is -0.679. The van der Waals surface area contributed by atoms with Crippen molar-refractivity contribution >= 4 is 17.5 Å². The number of anilines is 1. The van der Waals surface area contributed by atoms with Crippen molar-refractivity contribution in [1.82, 2.24) is 4.98 Å². The average Bonchev–Trinajstić information content (AvgIpc) is 2.58. The smallest absolute Gasteiger partial charge is 0.313 e. The fourth-order valence-corrected chi connectivity index (χ4v) is 2.71. The molecule has 2 aromatic rings. The number of nitrogens with one attached hydrogen (secondary N) is 1. The van der Waals surface area contributed by atoms with E-state index in [4.69, 9.17) is 20.6 Å². The third-order valence-corrected chi connectivity index (χ3v) is 4.16. The fraction of sp³-hybridized carbons (Fsp3) is 0.316. The number of aromatic nitrogens is 1. The van der Waals surface area contributed by atoms with Crippen LogP contribution in [-0.4, -0.2) is 36.0 Å². The Kier molecular flexibility index (Phi) is 5.54. The molecule has 7 nitrogen and oxygen atoms in total. The van der Waals surface area contributed by atoms with Crippen LogP contribution in [0.1, 0.15) is 17.7 Å². The van der Waals surface area contributed by atoms with Gasteiger partial charge in [0.25, 0.3) is 0 Å². The van der Waals surface area contributed by atoms with Gasteiger partial charge in [0.05, 0.1) is 25.0 Å². The Bertz CT molecular complexity index is 835. The van der Waals surface area contributed by atoms with Crippen LogP contribution in [0, 0.1) is 18.2 Å². The second kappa shape index (κ2) is 8.03. The Labute approximate surface area is 156 Å². The number of pyridine rings is 1. The van der Waals surface area contributed by atoms with Gasteiger partial charge >= 0.3 is 5.97 Å². The van der Waals surface area contributed by atoms with E-state index in [2.05, 4.69) is 4.98 Å². The summed E-state index contributed by atoms with van der Waals surface area (Å²) in [7, 11) is 0. The number of hydrogen-bond donors (Lipinski definition) is 2. The zero-order valence-electron chi connectivity index (χ0n) is 14.9. The number of carbonyl (C=O) groups excluding carboxylic acids is 1. The Hall–Kier alpha value is -3.16. The maximum absolute atomic E-state index is 14.7. The highest BCUT2D eigenvalue weighted by Crippen LogP contribution is 2.28. The van der Waals surface area contributed by atoms with Crippen molar-refractivity contribution in [3.05, 3.63) is 53.6 Å². The molecule has 1 aromatic carbocycles. The highest BCUT2D eigenvalue weighted by molar-refractivity contribution is 5.94. The summed E-state index contributed by atoms with van der Waals surface area (Å²) in [6.45, 7) is 2.81. The van der Waals surface area contributed by atoms with Crippen molar-refractivity contribution in [2.24, 2.45) is 5.73 Å². The van der Waals surface area contributed by atoms with Gasteiger partial charge in [0.15, 0.2) is 5.82 Å². The molecule has 27 heavy (non-hydrogen) atoms. The Balaban J connectivity index is 1.56. The monoisotopic (exact) mass is 372 g/mol. The molecule has 2 heterocycles. The van der Waals surface area contributed by atoms with E-state index in [1.807, 2.05) is 24.0 Å². The quantitative estimate of drug-likeness (QED) is 0.439. The first-order valence-corrected chi connectivity index (χ1v) is 8.52. The number of nitrogens with zero attached hydrogens (tertiary/aromatic N) is 2. The Morgan fingerprint density at radius 2 is 2.15 bits per heavy atom. The van der Waals surface area contributed by atoms with Crippen LogP contribution in [0.3, 0.4) is 0 Å². The second-order valence-corrected chi connectivity index (χ2v) is 6.39. The first-order chi connectivity index (χ1) is 12.9. The molecule has 1 aliphatic rings. The first kappa shape index (κ1) is 18.6. The third kappa shape index (κ3) is 4.72. The molecule has 3 N–H and O–H groups in total. The predicted octanol–water partition coefficient (Wildman–Crippen LogP) is 2.17. The van der Waals surface area contributed by atoms with Gasteiger partial charge in [0.2, 0.25) is 0 Å². The lowest BCUT2D eigenvalue weighted by Crippen LogP contribution is -2.54. The van der Waals surface area contributed by atoms with Crippen molar-refractivity contribution in [2.45, 2.75) is 26.1 Å². The Morgan fingerprint density at radius 1 is 1.37 bits per heavy atom. The highest BCUT2D eigenvalue weighted by atomic mass is 19.1. The first-order valence-electron chi connectivity index (χ1n) is 8.52. The van der Waals surface area contributed by atoms with E-state index in [-0.39, 0.29) is 30.5 Å². The van der Waals surface area contributed by atoms with Crippen LogP contribution in [-0.2, 0) is 16.1 Å². The van der Waals surface area contributed by atoms with Crippen LogP contribution >= 0.6 is 0 Å². The summed E-state index contributed by atoms with van der Waals surface area (Å²) >= 11 is 0. The molecule has 0 unspecified atom stereocenters. The molecule has 0 saturated carbocycles. The molecule has 0 spiro atoms. The van der Waals surface area contributed by atoms with Gasteiger partial charge < -0.3 is 20.1 Å². The number of ether oxygens (including phenoxy) is 2. The van der Waals surface area contributed by atoms with E-state index in [0.29, 0.717) is 24.5 Å². The molecule has 3 rings (SSSR count). The highest BCUT2D eigenvalue weighted by Gasteiger charge is 2.31. The summed E-state index contributed by atoms with van der Waals surface area (Å²) in [6.07, 6.45) is 1.33. The Morgan fingerprint density at radius 3 is 2.81 bits per heavy atom. The standard InChI is InChI=1S/C19H21FN4O3/c1-12-5-6-14(8-23-12)27-15-9-24(10-15)16-4-2-3-13(19(16)20)11-26-18(25)7-17(21)22/h2-6,8,15H,7,9-11H2,1H3,(H3,21,22). The van der Waals surface area contributed by atoms with Gasteiger partial charge in [0, 0.05) is 11.3 Å². The molecule has 0 bridgehead atoms. The minimum Gasteiger partial charge on any atom is -0.485 e. The normalized spacial score (nSPS) is 13.8. The van der Waals surface area contributed by atoms with Crippen molar-refractivity contribution < 1.29 is 18.7 Å². The van der Waals surface area contributed by atoms with Crippen LogP contribution < -0.4 is 15.4 Å². The number of halogens is 1. The summed E-state index contributed by atoms with van der Waals surface area (Å²) in [6, 6.07) is 8.69. The van der Waals surface area contributed by atoms with Crippen LogP contribution in [0.2, 0.25) is 0 Å². The van der Waals surface area contributed by atoms with Gasteiger partial charge in [-0.25, -0.2) is 4.39 Å². The molecule has 8 heteroatoms. The molecule has 0 atom stereocenters. The number of aryl methyl sites for hydroxylation is 1. The van der Waals surface area contributed by atoms with E-state index in [0.717, 1.165) is 5.69 Å². The van der Waals surface area contributed by atoms with Crippen molar-refractivity contribution in [1.29, 1.82) is 5.41 Å². The van der Waals surface area contributed by atoms with Gasteiger partial charge in [-0.3, -0.25) is 15.2 Å². The van der Waals surface area contributed by atoms with E-state index in [9.17, 15) is 9.18 Å². The van der Waals surface area contributed by atoms with E-state index >= 15 is 0 Å². The number of rotatable bonds is 7. The van der Waals surface area contributed by atoms with Crippen LogP contribution in [0.5, 0.6) is 5.75 Å². The molecule has 142 valence electrons. The van der Waals surface area contributed by atoms with Gasteiger partial charge in [-0.15, -0.1) is 0 Å². The topological polar surface area (TPSA) is 102 Å². The van der Waals surface area contributed by atoms with E-state index in [1.165, 1.54) is 0 Å². The predicted molar refractivity (Wildman–Crippen MR) is 98.3 cm³/mol. The van der Waals surface area contributed by atoms with Crippen LogP contribution in [0.25, 0.3) is 0 Å². The third-order valence-electron chi connectivity index (χ3n) is 4.16. The van der Waals surface area contributed by atoms with E-state index in [1.54, 1.807) is 24.4 Å². The molecular formula is C19H21FN4O3. The molecule has 0 aliphatic carbocycles. The fourth-order valence-electron chi connectivity index (χ4n) is 2.71. The summed E-state index contributed by atoms with van der Waals surface area (Å²) in [5, 5.41) is 7.06. The zero-order valence-corrected chi connectivity index (χ0v) is 14.9. The molecule has 1 fully saturated rings. The summed E-state index contributed by atoms with van der Waals surface area (Å²) in [4.78, 5) is 17.5. The van der Waals surface area contributed by atoms with Gasteiger partial charge in [-0.1, -0.05) is 12.1 Å². The SMILES string of the molecule is Cc1ccc(OC2CN(c3cccc(COC(=O)CC(=N)N)c3F)C2)cn1. The molecule has 0 radical (unpaired) electrons. The van der Waals surface area contributed by atoms with Gasteiger partial charge in [-0.05, 0) is 25.1 Å². The lowest BCUT2D eigenvalue weighted by atomic mass is 10.1. The summed E-state index contributed by atoms with van der Waals surface area (Å²) in [5.41, 5.74) is 6.78. The van der Waals surface area contributed by atoms with Crippen LogP contribution in [0.15, 0.2) is 36.5 Å². The number of amidine groups is 1. The maximum atomic E-state index is 14.7. The number of nitrogens with two attached hydrogens (primary N) is 1. The molecule has 1 aliphatic heterocycles. The lowest BCUT2D eigenvalue weighted by Gasteiger charge is -2.40. The van der Waals surface area contributed by atoms with Gasteiger partial charge in [0.1, 0.15) is 30.7 Å². The maximum Gasteiger partial charge on any atom is 0.313 e. The lowest BCUT2D eigenvalue weighted by molar-refractivity contribution is -0.143. The van der Waals surface area contributed by atoms with Crippen molar-refractivity contribution in [3.63, 3.8) is 0 Å². The number of carbonyl (C=O) groups is 1. The number of hydrogen-bond acceptors (Lipinski definition) is 6. The largest absolute Gasteiger partial charge is 0.485 e.